The maximum absolute atomic E-state index is 12.1. The summed E-state index contributed by atoms with van der Waals surface area (Å²) in [6.45, 7) is 7.55. The maximum atomic E-state index is 12.1. The Kier molecular flexibility index (Phi) is 12.8. The predicted molar refractivity (Wildman–Crippen MR) is 150 cm³/mol. The molecule has 0 bridgehead atoms. The van der Waals surface area contributed by atoms with Gasteiger partial charge in [0.1, 0.15) is 24.1 Å². The molecule has 246 valence electrons. The highest BCUT2D eigenvalue weighted by Crippen LogP contribution is 2.33. The molecule has 1 amide bonds. The number of hydrogen-bond acceptors (Lipinski definition) is 12. The monoisotopic (exact) mass is 615 g/mol. The topological polar surface area (TPSA) is 179 Å². The summed E-state index contributed by atoms with van der Waals surface area (Å²) in [7, 11) is 0. The summed E-state index contributed by atoms with van der Waals surface area (Å²) in [6.07, 6.45) is -4.77. The van der Waals surface area contributed by atoms with Gasteiger partial charge in [-0.15, -0.1) is 0 Å². The smallest absolute Gasteiger partial charge is 0.220 e. The molecule has 3 saturated heterocycles. The number of carbonyl (C=O) groups is 1. The Balaban J connectivity index is 1.30. The Bertz CT molecular complexity index is 965. The van der Waals surface area contributed by atoms with E-state index in [4.69, 9.17) is 32.8 Å². The molecule has 4 heterocycles. The van der Waals surface area contributed by atoms with Crippen molar-refractivity contribution >= 4 is 5.91 Å². The largest absolute Gasteiger partial charge is 0.467 e. The number of ether oxygens (including phenoxy) is 6. The molecule has 0 saturated carbocycles. The minimum absolute atomic E-state index is 0.0460. The Morgan fingerprint density at radius 2 is 1.47 bits per heavy atom. The van der Waals surface area contributed by atoms with Crippen LogP contribution in [0.3, 0.4) is 0 Å². The van der Waals surface area contributed by atoms with Gasteiger partial charge in [0, 0.05) is 25.7 Å². The van der Waals surface area contributed by atoms with Crippen molar-refractivity contribution in [2.75, 3.05) is 0 Å². The number of nitrogens with one attached hydrogen (secondary N) is 1. The number of aliphatic hydroxyl groups is 4. The molecule has 4 rings (SSSR count). The van der Waals surface area contributed by atoms with E-state index in [9.17, 15) is 25.2 Å². The molecule has 13 heteroatoms. The van der Waals surface area contributed by atoms with Gasteiger partial charge in [0.25, 0.3) is 0 Å². The van der Waals surface area contributed by atoms with Crippen molar-refractivity contribution in [2.24, 2.45) is 0 Å². The van der Waals surface area contributed by atoms with Crippen LogP contribution in [0, 0.1) is 0 Å². The lowest BCUT2D eigenvalue weighted by molar-refractivity contribution is -0.354. The van der Waals surface area contributed by atoms with E-state index in [-0.39, 0.29) is 24.9 Å². The summed E-state index contributed by atoms with van der Waals surface area (Å²) in [6, 6.07) is 3.59. The number of rotatable bonds is 13. The summed E-state index contributed by atoms with van der Waals surface area (Å²) in [5, 5.41) is 44.0. The highest BCUT2D eigenvalue weighted by Gasteiger charge is 2.45. The van der Waals surface area contributed by atoms with Crippen LogP contribution in [0.15, 0.2) is 22.8 Å². The van der Waals surface area contributed by atoms with E-state index in [1.807, 2.05) is 19.9 Å². The van der Waals surface area contributed by atoms with E-state index < -0.39 is 73.8 Å². The summed E-state index contributed by atoms with van der Waals surface area (Å²) >= 11 is 0. The van der Waals surface area contributed by atoms with Gasteiger partial charge in [-0.2, -0.15) is 0 Å². The fourth-order valence-corrected chi connectivity index (χ4v) is 5.50. The SMILES string of the molecule is C[C@H](CCCCC(=O)NCc1ccco1)O[C@@H]1O[C@@H](C)[C@H](O[C@@H]2O[C@@H](C)[C@H](O)C[C@H]2O)C[C@H]1O[C@@H]1O[C@@H](C)[C@H](O)C[C@H]1O. The van der Waals surface area contributed by atoms with Crippen molar-refractivity contribution < 1.29 is 58.1 Å². The molecule has 5 N–H and O–H groups in total. The van der Waals surface area contributed by atoms with E-state index >= 15 is 0 Å². The number of unbranched alkanes of at least 4 members (excludes halogenated alkanes) is 1. The second-order valence-electron chi connectivity index (χ2n) is 12.0. The molecule has 0 radical (unpaired) electrons. The van der Waals surface area contributed by atoms with Gasteiger partial charge in [-0.3, -0.25) is 4.79 Å². The fourth-order valence-electron chi connectivity index (χ4n) is 5.50. The lowest BCUT2D eigenvalue weighted by atomic mass is 10.0. The minimum Gasteiger partial charge on any atom is -0.467 e. The van der Waals surface area contributed by atoms with Crippen LogP contribution in [0.1, 0.15) is 78.4 Å². The van der Waals surface area contributed by atoms with Gasteiger partial charge >= 0.3 is 0 Å². The van der Waals surface area contributed by atoms with Crippen LogP contribution in [-0.2, 0) is 39.8 Å². The van der Waals surface area contributed by atoms with Crippen molar-refractivity contribution in [1.29, 1.82) is 0 Å². The fraction of sp³-hybridized carbons (Fsp3) is 0.833. The van der Waals surface area contributed by atoms with Crippen LogP contribution in [0.25, 0.3) is 0 Å². The molecular formula is C30H49NO12. The average molecular weight is 616 g/mol. The van der Waals surface area contributed by atoms with Crippen LogP contribution in [-0.4, -0.2) is 106 Å². The van der Waals surface area contributed by atoms with Gasteiger partial charge in [0.15, 0.2) is 18.9 Å². The number of amides is 1. The first-order chi connectivity index (χ1) is 20.5. The quantitative estimate of drug-likeness (QED) is 0.202. The maximum Gasteiger partial charge on any atom is 0.220 e. The molecular weight excluding hydrogens is 566 g/mol. The summed E-state index contributed by atoms with van der Waals surface area (Å²) in [5.74, 6) is 0.657. The molecule has 0 spiro atoms. The number of aliphatic hydroxyl groups excluding tert-OH is 4. The first-order valence-corrected chi connectivity index (χ1v) is 15.4. The normalized spacial score (nSPS) is 39.3. The Morgan fingerprint density at radius 1 is 0.860 bits per heavy atom. The summed E-state index contributed by atoms with van der Waals surface area (Å²) < 4.78 is 41.5. The third-order valence-corrected chi connectivity index (χ3v) is 8.30. The lowest BCUT2D eigenvalue weighted by Crippen LogP contribution is -2.56. The first kappa shape index (κ1) is 34.2. The predicted octanol–water partition coefficient (Wildman–Crippen LogP) is 1.48. The first-order valence-electron chi connectivity index (χ1n) is 15.4. The van der Waals surface area contributed by atoms with Crippen LogP contribution in [0.5, 0.6) is 0 Å². The summed E-state index contributed by atoms with van der Waals surface area (Å²) in [4.78, 5) is 12.1. The van der Waals surface area contributed by atoms with E-state index in [0.717, 1.165) is 6.42 Å². The van der Waals surface area contributed by atoms with E-state index in [1.54, 1.807) is 26.2 Å². The van der Waals surface area contributed by atoms with Crippen LogP contribution < -0.4 is 5.32 Å². The van der Waals surface area contributed by atoms with Gasteiger partial charge in [-0.1, -0.05) is 6.42 Å². The number of furan rings is 1. The second kappa shape index (κ2) is 16.1. The standard InChI is InChI=1S/C30H49NO12/c1-16(8-5-6-10-27(36)31-15-20-9-7-11-37-20)38-30-26(43-29-24(35)13-22(33)18(3)40-29)14-25(19(4)41-30)42-28-23(34)12-21(32)17(2)39-28/h7,9,11,16-19,21-26,28-30,32-35H,5-6,8,10,12-15H2,1-4H3,(H,31,36)/t16-,17+,18+,19+,21-,22-,23-,24-,25-,26-,28+,29+,30-/m1/s1. The van der Waals surface area contributed by atoms with Crippen molar-refractivity contribution in [3.8, 4) is 0 Å². The van der Waals surface area contributed by atoms with E-state index in [0.29, 0.717) is 38.0 Å². The number of hydrogen-bond donors (Lipinski definition) is 5. The molecule has 3 aliphatic rings. The molecule has 13 atom stereocenters. The molecule has 0 aromatic carbocycles. The number of carbonyl (C=O) groups excluding carboxylic acids is 1. The average Bonchev–Trinajstić information content (AvgIpc) is 3.47. The lowest BCUT2D eigenvalue weighted by Gasteiger charge is -2.45. The van der Waals surface area contributed by atoms with Gasteiger partial charge in [0.05, 0.1) is 55.5 Å². The molecule has 1 aromatic heterocycles. The molecule has 1 aromatic rings. The van der Waals surface area contributed by atoms with Crippen LogP contribution >= 0.6 is 0 Å². The molecule has 0 unspecified atom stereocenters. The van der Waals surface area contributed by atoms with Crippen molar-refractivity contribution in [3.63, 3.8) is 0 Å². The molecule has 43 heavy (non-hydrogen) atoms. The van der Waals surface area contributed by atoms with Gasteiger partial charge < -0.3 is 58.6 Å². The van der Waals surface area contributed by atoms with Crippen molar-refractivity contribution in [2.45, 2.75) is 159 Å². The zero-order valence-corrected chi connectivity index (χ0v) is 25.4. The Labute approximate surface area is 252 Å². The third-order valence-electron chi connectivity index (χ3n) is 8.30. The van der Waals surface area contributed by atoms with Gasteiger partial charge in [0.2, 0.25) is 5.91 Å². The molecule has 3 fully saturated rings. The zero-order valence-electron chi connectivity index (χ0n) is 25.4. The molecule has 3 aliphatic heterocycles. The zero-order chi connectivity index (χ0) is 31.1. The van der Waals surface area contributed by atoms with Crippen LogP contribution in [0.4, 0.5) is 0 Å². The summed E-state index contributed by atoms with van der Waals surface area (Å²) in [5.41, 5.74) is 0. The Morgan fingerprint density at radius 3 is 2.07 bits per heavy atom. The highest BCUT2D eigenvalue weighted by atomic mass is 16.8. The van der Waals surface area contributed by atoms with Crippen molar-refractivity contribution in [3.05, 3.63) is 24.2 Å². The Hall–Kier alpha value is -1.65. The highest BCUT2D eigenvalue weighted by molar-refractivity contribution is 5.75. The van der Waals surface area contributed by atoms with Crippen molar-refractivity contribution in [1.82, 2.24) is 5.32 Å². The van der Waals surface area contributed by atoms with E-state index in [2.05, 4.69) is 5.32 Å². The third kappa shape index (κ3) is 9.92. The van der Waals surface area contributed by atoms with Gasteiger partial charge in [-0.25, -0.2) is 0 Å². The van der Waals surface area contributed by atoms with E-state index in [1.165, 1.54) is 0 Å². The van der Waals surface area contributed by atoms with Gasteiger partial charge in [-0.05, 0) is 52.7 Å². The second-order valence-corrected chi connectivity index (χ2v) is 12.0. The van der Waals surface area contributed by atoms with Crippen LogP contribution in [0.2, 0.25) is 0 Å². The molecule has 0 aliphatic carbocycles. The minimum atomic E-state index is -1.05. The molecule has 13 nitrogen and oxygen atoms in total.